The molecule has 0 amide bonds. The molecule has 80 valence electrons. The maximum absolute atomic E-state index is 9.89. The van der Waals surface area contributed by atoms with E-state index in [9.17, 15) is 5.11 Å². The quantitative estimate of drug-likeness (QED) is 0.769. The van der Waals surface area contributed by atoms with Crippen LogP contribution >= 0.6 is 0 Å². The topological polar surface area (TPSA) is 63.5 Å². The summed E-state index contributed by atoms with van der Waals surface area (Å²) in [5.74, 6) is 0. The zero-order valence-corrected chi connectivity index (χ0v) is 8.94. The van der Waals surface area contributed by atoms with Crippen LogP contribution in [-0.2, 0) is 12.1 Å². The first-order chi connectivity index (χ1) is 7.02. The summed E-state index contributed by atoms with van der Waals surface area (Å²) in [4.78, 5) is 4.19. The lowest BCUT2D eigenvalue weighted by Crippen LogP contribution is -2.15. The van der Waals surface area contributed by atoms with Gasteiger partial charge in [-0.25, -0.2) is 4.98 Å². The molecule has 0 aliphatic heterocycles. The molecule has 15 heavy (non-hydrogen) atoms. The average Bonchev–Trinajstić information content (AvgIpc) is 2.57. The molecule has 2 aromatic heterocycles. The van der Waals surface area contributed by atoms with E-state index < -0.39 is 5.60 Å². The molecule has 0 atom stereocenters. The zero-order valence-electron chi connectivity index (χ0n) is 8.94. The van der Waals surface area contributed by atoms with Crippen LogP contribution in [0, 0.1) is 0 Å². The van der Waals surface area contributed by atoms with Crippen LogP contribution in [0.4, 0.5) is 0 Å². The molecule has 0 fully saturated rings. The van der Waals surface area contributed by atoms with E-state index in [1.807, 2.05) is 22.7 Å². The van der Waals surface area contributed by atoms with Crippen LogP contribution in [-0.4, -0.2) is 14.5 Å². The predicted molar refractivity (Wildman–Crippen MR) is 58.3 cm³/mol. The number of pyridine rings is 1. The van der Waals surface area contributed by atoms with Crippen molar-refractivity contribution in [1.29, 1.82) is 0 Å². The number of hydrogen-bond acceptors (Lipinski definition) is 3. The number of imidazole rings is 1. The van der Waals surface area contributed by atoms with E-state index in [0.29, 0.717) is 6.54 Å². The summed E-state index contributed by atoms with van der Waals surface area (Å²) < 4.78 is 1.90. The Hall–Kier alpha value is -1.39. The standard InChI is InChI=1S/C11H15N3O/c1-11(2,15)8-3-4-14-7-13-9(6-12)10(14)5-8/h3-5,7,15H,6,12H2,1-2H3. The number of rotatable bonds is 2. The van der Waals surface area contributed by atoms with E-state index >= 15 is 0 Å². The van der Waals surface area contributed by atoms with Gasteiger partial charge in [0.15, 0.2) is 0 Å². The molecule has 0 saturated carbocycles. The molecule has 0 aliphatic rings. The molecule has 2 rings (SSSR count). The molecule has 0 saturated heterocycles. The van der Waals surface area contributed by atoms with Gasteiger partial charge in [-0.05, 0) is 31.5 Å². The van der Waals surface area contributed by atoms with Crippen LogP contribution in [0.15, 0.2) is 24.7 Å². The van der Waals surface area contributed by atoms with Crippen molar-refractivity contribution < 1.29 is 5.11 Å². The van der Waals surface area contributed by atoms with Gasteiger partial charge in [0.25, 0.3) is 0 Å². The minimum absolute atomic E-state index is 0.409. The highest BCUT2D eigenvalue weighted by Gasteiger charge is 2.16. The Morgan fingerprint density at radius 2 is 2.27 bits per heavy atom. The van der Waals surface area contributed by atoms with Gasteiger partial charge in [-0.1, -0.05) is 0 Å². The molecular formula is C11H15N3O. The minimum Gasteiger partial charge on any atom is -0.386 e. The normalized spacial score (nSPS) is 12.3. The minimum atomic E-state index is -0.835. The number of hydrogen-bond donors (Lipinski definition) is 2. The molecule has 0 bridgehead atoms. The highest BCUT2D eigenvalue weighted by atomic mass is 16.3. The number of fused-ring (bicyclic) bond motifs is 1. The third-order valence-electron chi connectivity index (χ3n) is 2.52. The molecular weight excluding hydrogens is 190 g/mol. The Kier molecular flexibility index (Phi) is 2.25. The van der Waals surface area contributed by atoms with Gasteiger partial charge in [0.05, 0.1) is 23.1 Å². The summed E-state index contributed by atoms with van der Waals surface area (Å²) in [6.45, 7) is 3.93. The number of nitrogens with zero attached hydrogens (tertiary/aromatic N) is 2. The van der Waals surface area contributed by atoms with Gasteiger partial charge in [0, 0.05) is 12.7 Å². The second kappa shape index (κ2) is 3.32. The highest BCUT2D eigenvalue weighted by molar-refractivity contribution is 5.54. The lowest BCUT2D eigenvalue weighted by Gasteiger charge is -2.17. The molecule has 0 radical (unpaired) electrons. The monoisotopic (exact) mass is 205 g/mol. The summed E-state index contributed by atoms with van der Waals surface area (Å²) in [6.07, 6.45) is 3.61. The molecule has 2 heterocycles. The SMILES string of the molecule is CC(C)(O)c1ccn2cnc(CN)c2c1. The van der Waals surface area contributed by atoms with Gasteiger partial charge in [0.2, 0.25) is 0 Å². The van der Waals surface area contributed by atoms with E-state index in [1.165, 1.54) is 0 Å². The molecule has 4 nitrogen and oxygen atoms in total. The van der Waals surface area contributed by atoms with Gasteiger partial charge < -0.3 is 15.2 Å². The van der Waals surface area contributed by atoms with Gasteiger partial charge >= 0.3 is 0 Å². The first-order valence-electron chi connectivity index (χ1n) is 4.91. The van der Waals surface area contributed by atoms with Crippen molar-refractivity contribution in [3.05, 3.63) is 35.9 Å². The number of nitrogens with two attached hydrogens (primary N) is 1. The van der Waals surface area contributed by atoms with Crippen molar-refractivity contribution in [2.45, 2.75) is 26.0 Å². The summed E-state index contributed by atoms with van der Waals surface area (Å²) in [6, 6.07) is 3.81. The van der Waals surface area contributed by atoms with E-state index in [0.717, 1.165) is 16.8 Å². The number of aliphatic hydroxyl groups is 1. The first-order valence-corrected chi connectivity index (χ1v) is 4.91. The van der Waals surface area contributed by atoms with Gasteiger partial charge in [-0.2, -0.15) is 0 Å². The Morgan fingerprint density at radius 3 is 2.87 bits per heavy atom. The fourth-order valence-corrected chi connectivity index (χ4v) is 1.58. The smallest absolute Gasteiger partial charge is 0.0996 e. The third kappa shape index (κ3) is 1.73. The largest absolute Gasteiger partial charge is 0.386 e. The summed E-state index contributed by atoms with van der Waals surface area (Å²) in [5.41, 5.74) is 7.42. The second-order valence-corrected chi connectivity index (χ2v) is 4.16. The lowest BCUT2D eigenvalue weighted by atomic mass is 9.99. The van der Waals surface area contributed by atoms with E-state index in [2.05, 4.69) is 4.98 Å². The lowest BCUT2D eigenvalue weighted by molar-refractivity contribution is 0.0786. The summed E-state index contributed by atoms with van der Waals surface area (Å²) in [7, 11) is 0. The fraction of sp³-hybridized carbons (Fsp3) is 0.364. The maximum atomic E-state index is 9.89. The van der Waals surface area contributed by atoms with Crippen LogP contribution in [0.1, 0.15) is 25.1 Å². The zero-order chi connectivity index (χ0) is 11.1. The molecule has 4 heteroatoms. The van der Waals surface area contributed by atoms with Gasteiger partial charge in [-0.3, -0.25) is 0 Å². The van der Waals surface area contributed by atoms with Crippen LogP contribution in [0.25, 0.3) is 5.52 Å². The molecule has 0 aromatic carbocycles. The van der Waals surface area contributed by atoms with Gasteiger partial charge in [0.1, 0.15) is 0 Å². The van der Waals surface area contributed by atoms with Crippen molar-refractivity contribution in [2.75, 3.05) is 0 Å². The van der Waals surface area contributed by atoms with Crippen molar-refractivity contribution in [1.82, 2.24) is 9.38 Å². The Balaban J connectivity index is 2.63. The molecule has 2 aromatic rings. The molecule has 0 unspecified atom stereocenters. The average molecular weight is 205 g/mol. The highest BCUT2D eigenvalue weighted by Crippen LogP contribution is 2.22. The van der Waals surface area contributed by atoms with E-state index in [4.69, 9.17) is 5.73 Å². The van der Waals surface area contributed by atoms with E-state index in [1.54, 1.807) is 20.2 Å². The summed E-state index contributed by atoms with van der Waals surface area (Å²) in [5, 5.41) is 9.89. The van der Waals surface area contributed by atoms with Crippen molar-refractivity contribution in [3.8, 4) is 0 Å². The van der Waals surface area contributed by atoms with E-state index in [-0.39, 0.29) is 0 Å². The van der Waals surface area contributed by atoms with Crippen molar-refractivity contribution >= 4 is 5.52 Å². The Bertz CT molecular complexity index is 482. The molecule has 0 spiro atoms. The first kappa shape index (κ1) is 10.1. The van der Waals surface area contributed by atoms with Crippen LogP contribution < -0.4 is 5.73 Å². The van der Waals surface area contributed by atoms with Crippen LogP contribution in [0.5, 0.6) is 0 Å². The van der Waals surface area contributed by atoms with Crippen molar-refractivity contribution in [2.24, 2.45) is 5.73 Å². The molecule has 3 N–H and O–H groups in total. The third-order valence-corrected chi connectivity index (χ3v) is 2.52. The molecule has 0 aliphatic carbocycles. The van der Waals surface area contributed by atoms with Crippen LogP contribution in [0.2, 0.25) is 0 Å². The Labute approximate surface area is 88.4 Å². The van der Waals surface area contributed by atoms with Crippen molar-refractivity contribution in [3.63, 3.8) is 0 Å². The number of aromatic nitrogens is 2. The fourth-order valence-electron chi connectivity index (χ4n) is 1.58. The van der Waals surface area contributed by atoms with Gasteiger partial charge in [-0.15, -0.1) is 0 Å². The maximum Gasteiger partial charge on any atom is 0.0996 e. The predicted octanol–water partition coefficient (Wildman–Crippen LogP) is 1.02. The Morgan fingerprint density at radius 1 is 1.53 bits per heavy atom. The second-order valence-electron chi connectivity index (χ2n) is 4.16. The summed E-state index contributed by atoms with van der Waals surface area (Å²) >= 11 is 0. The van der Waals surface area contributed by atoms with Crippen LogP contribution in [0.3, 0.4) is 0 Å².